The molecule has 0 saturated heterocycles. The third kappa shape index (κ3) is 2.79. The van der Waals surface area contributed by atoms with E-state index in [1.165, 1.54) is 12.8 Å². The average molecular weight is 471 g/mol. The Morgan fingerprint density at radius 3 is 2.26 bits per heavy atom. The molecule has 0 aromatic rings. The standard InChI is InChI=1S/C30H46O4/c1-17(2)14-19(31)25(34)18(3)24-20(32)15-28(7)22-9-8-21-26(4,5)23(33)10-11-29(21)16-30(22,29)13-12-27(24,28)6/h14,18,20-22,24-25,32,34H,8-13,15-16H2,1-7H3. The number of aliphatic hydroxyl groups is 2. The number of carbonyl (C=O) groups excluding carboxylic acids is 2. The van der Waals surface area contributed by atoms with E-state index < -0.39 is 12.2 Å². The van der Waals surface area contributed by atoms with Gasteiger partial charge >= 0.3 is 0 Å². The molecule has 5 aliphatic carbocycles. The number of Topliss-reactive ketones (excluding diaryl/α,β-unsaturated/α-hetero) is 1. The maximum atomic E-state index is 12.8. The number of aliphatic hydroxyl groups excluding tert-OH is 2. The lowest BCUT2D eigenvalue weighted by molar-refractivity contribution is -0.160. The lowest BCUT2D eigenvalue weighted by Crippen LogP contribution is -2.57. The Bertz CT molecular complexity index is 945. The van der Waals surface area contributed by atoms with Crippen LogP contribution in [0.25, 0.3) is 0 Å². The first-order chi connectivity index (χ1) is 15.7. The van der Waals surface area contributed by atoms with E-state index in [0.717, 1.165) is 44.1 Å². The summed E-state index contributed by atoms with van der Waals surface area (Å²) in [7, 11) is 0. The van der Waals surface area contributed by atoms with E-state index in [0.29, 0.717) is 28.4 Å². The van der Waals surface area contributed by atoms with Crippen molar-refractivity contribution in [1.82, 2.24) is 0 Å². The minimum atomic E-state index is -1.07. The predicted molar refractivity (Wildman–Crippen MR) is 133 cm³/mol. The quantitative estimate of drug-likeness (QED) is 0.532. The average Bonchev–Trinajstić information content (AvgIpc) is 3.35. The highest BCUT2D eigenvalue weighted by Gasteiger charge is 2.82. The number of hydrogen-bond acceptors (Lipinski definition) is 4. The SMILES string of the molecule is CC(C)=CC(=O)C(O)C(C)C1C(O)CC2(C)C3CCC4C(C)(C)C(=O)CCC45CC35CCC12C. The fourth-order valence-electron chi connectivity index (χ4n) is 11.0. The molecule has 190 valence electrons. The summed E-state index contributed by atoms with van der Waals surface area (Å²) in [5.74, 6) is 0.896. The Hall–Kier alpha value is -1.00. The summed E-state index contributed by atoms with van der Waals surface area (Å²) < 4.78 is 0. The molecule has 2 spiro atoms. The van der Waals surface area contributed by atoms with E-state index >= 15 is 0 Å². The second-order valence-corrected chi connectivity index (χ2v) is 14.4. The van der Waals surface area contributed by atoms with Crippen LogP contribution in [-0.4, -0.2) is 34.0 Å². The van der Waals surface area contributed by atoms with E-state index in [2.05, 4.69) is 27.7 Å². The van der Waals surface area contributed by atoms with Crippen LogP contribution in [0.5, 0.6) is 0 Å². The summed E-state index contributed by atoms with van der Waals surface area (Å²) in [4.78, 5) is 25.5. The van der Waals surface area contributed by atoms with Gasteiger partial charge in [0.15, 0.2) is 5.78 Å². The van der Waals surface area contributed by atoms with Crippen LogP contribution in [0, 0.1) is 50.7 Å². The molecule has 0 aromatic carbocycles. The number of hydrogen-bond donors (Lipinski definition) is 2. The highest BCUT2D eigenvalue weighted by Crippen LogP contribution is 2.88. The van der Waals surface area contributed by atoms with E-state index in [1.54, 1.807) is 6.08 Å². The van der Waals surface area contributed by atoms with Crippen LogP contribution < -0.4 is 0 Å². The van der Waals surface area contributed by atoms with Gasteiger partial charge in [-0.3, -0.25) is 9.59 Å². The second-order valence-electron chi connectivity index (χ2n) is 14.4. The van der Waals surface area contributed by atoms with Gasteiger partial charge in [0.05, 0.1) is 6.10 Å². The molecule has 0 heterocycles. The minimum absolute atomic E-state index is 0.0110. The van der Waals surface area contributed by atoms with Gasteiger partial charge in [-0.15, -0.1) is 0 Å². The number of rotatable bonds is 4. The molecule has 34 heavy (non-hydrogen) atoms. The third-order valence-electron chi connectivity index (χ3n) is 12.7. The lowest BCUT2D eigenvalue weighted by Gasteiger charge is -2.62. The number of ketones is 2. The zero-order chi connectivity index (χ0) is 25.1. The van der Waals surface area contributed by atoms with Crippen molar-refractivity contribution in [1.29, 1.82) is 0 Å². The second kappa shape index (κ2) is 7.28. The van der Waals surface area contributed by atoms with Crippen LogP contribution in [0.4, 0.5) is 0 Å². The first-order valence-corrected chi connectivity index (χ1v) is 13.8. The van der Waals surface area contributed by atoms with Crippen LogP contribution in [0.2, 0.25) is 0 Å². The van der Waals surface area contributed by atoms with Crippen molar-refractivity contribution in [2.75, 3.05) is 0 Å². The van der Waals surface area contributed by atoms with Crippen LogP contribution in [0.3, 0.4) is 0 Å². The van der Waals surface area contributed by atoms with Crippen molar-refractivity contribution in [2.24, 2.45) is 50.7 Å². The van der Waals surface area contributed by atoms with Gasteiger partial charge in [-0.25, -0.2) is 0 Å². The van der Waals surface area contributed by atoms with Gasteiger partial charge in [-0.1, -0.05) is 40.2 Å². The molecule has 0 aliphatic heterocycles. The molecule has 5 saturated carbocycles. The van der Waals surface area contributed by atoms with Gasteiger partial charge in [0.2, 0.25) is 0 Å². The largest absolute Gasteiger partial charge is 0.393 e. The number of allylic oxidation sites excluding steroid dienone is 1. The van der Waals surface area contributed by atoms with Gasteiger partial charge in [-0.05, 0) is 110 Å². The van der Waals surface area contributed by atoms with Crippen molar-refractivity contribution in [3.8, 4) is 0 Å². The fourth-order valence-corrected chi connectivity index (χ4v) is 11.0. The highest BCUT2D eigenvalue weighted by atomic mass is 16.3. The molecule has 5 rings (SSSR count). The summed E-state index contributed by atoms with van der Waals surface area (Å²) in [5, 5.41) is 22.5. The zero-order valence-electron chi connectivity index (χ0n) is 22.4. The van der Waals surface area contributed by atoms with Gasteiger partial charge in [0, 0.05) is 11.8 Å². The number of carbonyl (C=O) groups is 2. The Morgan fingerprint density at radius 1 is 1.00 bits per heavy atom. The number of fused-ring (bicyclic) bond motifs is 2. The molecule has 2 N–H and O–H groups in total. The smallest absolute Gasteiger partial charge is 0.184 e. The van der Waals surface area contributed by atoms with Crippen molar-refractivity contribution in [2.45, 2.75) is 112 Å². The van der Waals surface area contributed by atoms with Crippen molar-refractivity contribution < 1.29 is 19.8 Å². The minimum Gasteiger partial charge on any atom is -0.393 e. The molecule has 0 radical (unpaired) electrons. The molecular formula is C30H46O4. The molecule has 4 nitrogen and oxygen atoms in total. The van der Waals surface area contributed by atoms with Crippen molar-refractivity contribution in [3.63, 3.8) is 0 Å². The Morgan fingerprint density at radius 2 is 1.62 bits per heavy atom. The van der Waals surface area contributed by atoms with Gasteiger partial charge in [0.25, 0.3) is 0 Å². The summed E-state index contributed by atoms with van der Waals surface area (Å²) in [5.41, 5.74) is 1.19. The van der Waals surface area contributed by atoms with Crippen LogP contribution >= 0.6 is 0 Å². The van der Waals surface area contributed by atoms with Crippen molar-refractivity contribution >= 4 is 11.6 Å². The third-order valence-corrected chi connectivity index (χ3v) is 12.7. The Labute approximate surface area is 206 Å². The van der Waals surface area contributed by atoms with E-state index in [9.17, 15) is 19.8 Å². The lowest BCUT2D eigenvalue weighted by atomic mass is 9.42. The molecule has 5 aliphatic rings. The molecule has 4 heteroatoms. The molecule has 0 amide bonds. The summed E-state index contributed by atoms with van der Waals surface area (Å²) in [6, 6.07) is 0. The fraction of sp³-hybridized carbons (Fsp3) is 0.867. The maximum absolute atomic E-state index is 12.8. The Balaban J connectivity index is 1.47. The van der Waals surface area contributed by atoms with Crippen LogP contribution in [0.15, 0.2) is 11.6 Å². The highest BCUT2D eigenvalue weighted by molar-refractivity contribution is 5.94. The Kier molecular flexibility index (Phi) is 5.28. The van der Waals surface area contributed by atoms with Gasteiger partial charge < -0.3 is 10.2 Å². The first-order valence-electron chi connectivity index (χ1n) is 13.8. The van der Waals surface area contributed by atoms with Crippen molar-refractivity contribution in [3.05, 3.63) is 11.6 Å². The molecule has 0 bridgehead atoms. The molecular weight excluding hydrogens is 424 g/mol. The van der Waals surface area contributed by atoms with E-state index in [4.69, 9.17) is 0 Å². The predicted octanol–water partition coefficient (Wildman–Crippen LogP) is 5.50. The monoisotopic (exact) mass is 470 g/mol. The van der Waals surface area contributed by atoms with E-state index in [-0.39, 0.29) is 33.9 Å². The van der Waals surface area contributed by atoms with E-state index in [1.807, 2.05) is 20.8 Å². The molecule has 0 aromatic heterocycles. The zero-order valence-corrected chi connectivity index (χ0v) is 22.4. The van der Waals surface area contributed by atoms with Crippen LogP contribution in [0.1, 0.15) is 99.8 Å². The molecule has 10 unspecified atom stereocenters. The summed E-state index contributed by atoms with van der Waals surface area (Å²) in [6.45, 7) is 14.9. The molecule has 5 fully saturated rings. The normalized spacial score (nSPS) is 50.2. The topological polar surface area (TPSA) is 74.6 Å². The summed E-state index contributed by atoms with van der Waals surface area (Å²) in [6.07, 6.45) is 8.25. The first kappa shape index (κ1) is 24.7. The maximum Gasteiger partial charge on any atom is 0.184 e. The van der Waals surface area contributed by atoms with Crippen LogP contribution in [-0.2, 0) is 9.59 Å². The summed E-state index contributed by atoms with van der Waals surface area (Å²) >= 11 is 0. The van der Waals surface area contributed by atoms with Gasteiger partial charge in [-0.2, -0.15) is 0 Å². The van der Waals surface area contributed by atoms with Gasteiger partial charge in [0.1, 0.15) is 11.9 Å². The molecule has 10 atom stereocenters.